The van der Waals surface area contributed by atoms with Crippen LogP contribution in [0.3, 0.4) is 0 Å². The minimum atomic E-state index is -1.36. The number of hydrogen-bond donors (Lipinski definition) is 0. The molecule has 2 aliphatic heterocycles. The van der Waals surface area contributed by atoms with Gasteiger partial charge in [0.15, 0.2) is 0 Å². The maximum absolute atomic E-state index is 11.7. The van der Waals surface area contributed by atoms with Crippen molar-refractivity contribution in [2.75, 3.05) is 0 Å². The molecule has 0 aromatic carbocycles. The third kappa shape index (κ3) is 6.40. The van der Waals surface area contributed by atoms with Crippen LogP contribution in [0.4, 0.5) is 0 Å². The van der Waals surface area contributed by atoms with Gasteiger partial charge >= 0.3 is 23.9 Å². The first-order valence-corrected chi connectivity index (χ1v) is 19.0. The molecule has 8 heteroatoms. The third-order valence-corrected chi connectivity index (χ3v) is 17.5. The number of rotatable bonds is 10. The molecule has 0 spiro atoms. The molecule has 32 heavy (non-hydrogen) atoms. The highest BCUT2D eigenvalue weighted by molar-refractivity contribution is 6.79. The van der Waals surface area contributed by atoms with E-state index in [4.69, 9.17) is 0 Å². The first kappa shape index (κ1) is 25.3. The van der Waals surface area contributed by atoms with E-state index in [1.807, 2.05) is 0 Å². The molecule has 0 radical (unpaired) electrons. The maximum Gasteiger partial charge on any atom is 0.317 e. The molecule has 1 saturated carbocycles. The maximum atomic E-state index is 11.7. The Morgan fingerprint density at radius 1 is 0.656 bits per heavy atom. The summed E-state index contributed by atoms with van der Waals surface area (Å²) in [4.78, 5) is 45.9. The average molecular weight is 481 g/mol. The summed E-state index contributed by atoms with van der Waals surface area (Å²) in [5.41, 5.74) is 1.69. The molecular weight excluding hydrogens is 440 g/mol. The lowest BCUT2D eigenvalue weighted by atomic mass is 9.99. The normalized spacial score (nSPS) is 29.4. The Kier molecular flexibility index (Phi) is 8.17. The van der Waals surface area contributed by atoms with E-state index in [0.29, 0.717) is 0 Å². The fraction of sp³-hybridized carbons (Fsp3) is 0.833. The van der Waals surface area contributed by atoms with Gasteiger partial charge in [-0.1, -0.05) is 76.8 Å². The standard InChI is InChI=1S/C24H40O6Si2/c1-31(2,13-5-7-17-15-21(25)29-23(17)27)19-9-11-20(12-10-19)32(3,4)14-6-8-18-16-22(26)30-24(18)28/h17-20H,5-16H2,1-4H3. The van der Waals surface area contributed by atoms with Crippen molar-refractivity contribution in [2.45, 2.75) is 114 Å². The lowest BCUT2D eigenvalue weighted by Crippen LogP contribution is -2.39. The van der Waals surface area contributed by atoms with Crippen LogP contribution in [0.25, 0.3) is 0 Å². The molecule has 3 aliphatic rings. The van der Waals surface area contributed by atoms with E-state index in [2.05, 4.69) is 35.7 Å². The molecule has 180 valence electrons. The fourth-order valence-electron chi connectivity index (χ4n) is 6.16. The molecule has 2 atom stereocenters. The van der Waals surface area contributed by atoms with E-state index in [0.717, 1.165) is 36.8 Å². The Morgan fingerprint density at radius 3 is 1.28 bits per heavy atom. The lowest BCUT2D eigenvalue weighted by molar-refractivity contribution is -0.155. The Balaban J connectivity index is 1.38. The van der Waals surface area contributed by atoms with E-state index in [9.17, 15) is 19.2 Å². The Bertz CT molecular complexity index is 677. The quantitative estimate of drug-likeness (QED) is 0.234. The van der Waals surface area contributed by atoms with Gasteiger partial charge in [-0.05, 0) is 23.9 Å². The predicted molar refractivity (Wildman–Crippen MR) is 127 cm³/mol. The lowest BCUT2D eigenvalue weighted by Gasteiger charge is -2.43. The van der Waals surface area contributed by atoms with Crippen molar-refractivity contribution in [1.29, 1.82) is 0 Å². The minimum absolute atomic E-state index is 0.209. The molecule has 6 nitrogen and oxygen atoms in total. The van der Waals surface area contributed by atoms with Gasteiger partial charge in [0, 0.05) is 0 Å². The van der Waals surface area contributed by atoms with Gasteiger partial charge < -0.3 is 9.47 Å². The topological polar surface area (TPSA) is 86.7 Å². The molecule has 0 aromatic heterocycles. The molecule has 2 unspecified atom stereocenters. The zero-order chi connectivity index (χ0) is 23.5. The summed E-state index contributed by atoms with van der Waals surface area (Å²) in [6.45, 7) is 10.0. The summed E-state index contributed by atoms with van der Waals surface area (Å²) in [5.74, 6) is -1.79. The van der Waals surface area contributed by atoms with E-state index in [1.54, 1.807) is 0 Å². The molecular formula is C24H40O6Si2. The first-order chi connectivity index (χ1) is 15.0. The van der Waals surface area contributed by atoms with Crippen LogP contribution < -0.4 is 0 Å². The fourth-order valence-corrected chi connectivity index (χ4v) is 13.0. The van der Waals surface area contributed by atoms with Crippen LogP contribution in [0, 0.1) is 11.8 Å². The van der Waals surface area contributed by atoms with Gasteiger partial charge in [0.25, 0.3) is 0 Å². The summed E-state index contributed by atoms with van der Waals surface area (Å²) < 4.78 is 9.37. The van der Waals surface area contributed by atoms with Crippen molar-refractivity contribution in [1.82, 2.24) is 0 Å². The number of cyclic esters (lactones) is 4. The van der Waals surface area contributed by atoms with Crippen LogP contribution >= 0.6 is 0 Å². The summed E-state index contributed by atoms with van der Waals surface area (Å²) >= 11 is 0. The number of hydrogen-bond acceptors (Lipinski definition) is 6. The molecule has 0 N–H and O–H groups in total. The molecule has 2 heterocycles. The van der Waals surface area contributed by atoms with Crippen molar-refractivity contribution in [3.63, 3.8) is 0 Å². The van der Waals surface area contributed by atoms with Gasteiger partial charge in [-0.25, -0.2) is 0 Å². The van der Waals surface area contributed by atoms with E-state index in [1.165, 1.54) is 37.8 Å². The second kappa shape index (κ2) is 10.3. The van der Waals surface area contributed by atoms with Crippen LogP contribution in [0.15, 0.2) is 0 Å². The zero-order valence-electron chi connectivity index (χ0n) is 20.2. The van der Waals surface area contributed by atoms with Crippen molar-refractivity contribution in [2.24, 2.45) is 11.8 Å². The SMILES string of the molecule is C[Si](C)(CCCC1CC(=O)OC1=O)C1CCC([Si](C)(C)CCCC2CC(=O)OC2=O)CC1. The summed E-state index contributed by atoms with van der Waals surface area (Å²) in [7, 11) is -2.73. The molecule has 0 bridgehead atoms. The highest BCUT2D eigenvalue weighted by Gasteiger charge is 2.41. The average Bonchev–Trinajstić information content (AvgIpc) is 3.21. The molecule has 2 saturated heterocycles. The van der Waals surface area contributed by atoms with E-state index >= 15 is 0 Å². The molecule has 1 aliphatic carbocycles. The van der Waals surface area contributed by atoms with Gasteiger partial charge in [0.05, 0.1) is 40.8 Å². The molecule has 3 rings (SSSR count). The van der Waals surface area contributed by atoms with Gasteiger partial charge in [0.1, 0.15) is 0 Å². The molecule has 0 amide bonds. The molecule has 3 fully saturated rings. The second-order valence-electron chi connectivity index (χ2n) is 11.7. The largest absolute Gasteiger partial charge is 0.393 e. The Morgan fingerprint density at radius 2 is 1.00 bits per heavy atom. The summed E-state index contributed by atoms with van der Waals surface area (Å²) in [5, 5.41) is 0. The third-order valence-electron chi connectivity index (χ3n) is 8.61. The zero-order valence-corrected chi connectivity index (χ0v) is 22.2. The van der Waals surface area contributed by atoms with Gasteiger partial charge in [0.2, 0.25) is 0 Å². The predicted octanol–water partition coefficient (Wildman–Crippen LogP) is 5.46. The minimum Gasteiger partial charge on any atom is -0.393 e. The van der Waals surface area contributed by atoms with Crippen molar-refractivity contribution in [3.05, 3.63) is 0 Å². The molecule has 0 aromatic rings. The van der Waals surface area contributed by atoms with Crippen LogP contribution in [0.1, 0.15) is 64.2 Å². The Labute approximate surface area is 194 Å². The van der Waals surface area contributed by atoms with Crippen LogP contribution in [-0.4, -0.2) is 40.0 Å². The number of carbonyl (C=O) groups is 4. The smallest absolute Gasteiger partial charge is 0.317 e. The van der Waals surface area contributed by atoms with Gasteiger partial charge in [-0.15, -0.1) is 0 Å². The highest BCUT2D eigenvalue weighted by Crippen LogP contribution is 2.48. The van der Waals surface area contributed by atoms with Crippen molar-refractivity contribution in [3.8, 4) is 0 Å². The van der Waals surface area contributed by atoms with E-state index in [-0.39, 0.29) is 48.6 Å². The van der Waals surface area contributed by atoms with Crippen molar-refractivity contribution < 1.29 is 28.7 Å². The highest BCUT2D eigenvalue weighted by atomic mass is 28.3. The summed E-state index contributed by atoms with van der Waals surface area (Å²) in [6, 6.07) is 2.44. The number of ether oxygens (including phenoxy) is 2. The first-order valence-electron chi connectivity index (χ1n) is 12.5. The number of carbonyl (C=O) groups excluding carboxylic acids is 4. The number of esters is 4. The van der Waals surface area contributed by atoms with Gasteiger partial charge in [-0.3, -0.25) is 19.2 Å². The monoisotopic (exact) mass is 480 g/mol. The van der Waals surface area contributed by atoms with Crippen LogP contribution in [0.5, 0.6) is 0 Å². The second-order valence-corrected chi connectivity index (χ2v) is 22.3. The van der Waals surface area contributed by atoms with Crippen LogP contribution in [0.2, 0.25) is 49.4 Å². The van der Waals surface area contributed by atoms with Crippen molar-refractivity contribution >= 4 is 40.0 Å². The van der Waals surface area contributed by atoms with Crippen LogP contribution in [-0.2, 0) is 28.7 Å². The Hall–Kier alpha value is -1.29. The van der Waals surface area contributed by atoms with E-state index < -0.39 is 16.1 Å². The van der Waals surface area contributed by atoms with Gasteiger partial charge in [-0.2, -0.15) is 0 Å². The summed E-state index contributed by atoms with van der Waals surface area (Å²) in [6.07, 6.45) is 9.47.